The Balaban J connectivity index is 2.33. The number of piperidine rings is 1. The lowest BCUT2D eigenvalue weighted by Crippen LogP contribution is -2.47. The van der Waals surface area contributed by atoms with Gasteiger partial charge in [0.05, 0.1) is 23.5 Å². The van der Waals surface area contributed by atoms with Crippen molar-refractivity contribution in [1.82, 2.24) is 9.03 Å². The highest BCUT2D eigenvalue weighted by Gasteiger charge is 2.33. The van der Waals surface area contributed by atoms with E-state index in [2.05, 4.69) is 4.72 Å². The molecule has 1 aliphatic rings. The van der Waals surface area contributed by atoms with Crippen LogP contribution in [0.25, 0.3) is 0 Å². The molecule has 156 valence electrons. The fourth-order valence-electron chi connectivity index (χ4n) is 3.26. The van der Waals surface area contributed by atoms with Crippen molar-refractivity contribution in [2.24, 2.45) is 5.92 Å². The predicted molar refractivity (Wildman–Crippen MR) is 104 cm³/mol. The molecule has 0 amide bonds. The Labute approximate surface area is 165 Å². The first-order valence-electron chi connectivity index (χ1n) is 9.30. The number of nitro groups is 1. The fraction of sp³-hybridized carbons (Fsp3) is 0.611. The molecule has 1 fully saturated rings. The molecule has 2 atom stereocenters. The van der Waals surface area contributed by atoms with Gasteiger partial charge in [0.1, 0.15) is 0 Å². The topological polar surface area (TPSA) is 119 Å². The molecule has 28 heavy (non-hydrogen) atoms. The predicted octanol–water partition coefficient (Wildman–Crippen LogP) is 2.54. The summed E-state index contributed by atoms with van der Waals surface area (Å²) in [6.45, 7) is 6.07. The maximum Gasteiger partial charge on any atom is 0.308 e. The Morgan fingerprint density at radius 2 is 2.07 bits per heavy atom. The lowest BCUT2D eigenvalue weighted by molar-refractivity contribution is -0.385. The van der Waals surface area contributed by atoms with Gasteiger partial charge in [0.15, 0.2) is 0 Å². The molecule has 1 aromatic carbocycles. The number of esters is 1. The van der Waals surface area contributed by atoms with Crippen molar-refractivity contribution < 1.29 is 22.9 Å². The molecule has 1 saturated heterocycles. The van der Waals surface area contributed by atoms with Gasteiger partial charge in [-0.05, 0) is 32.6 Å². The largest absolute Gasteiger partial charge is 0.463 e. The third kappa shape index (κ3) is 5.98. The smallest absolute Gasteiger partial charge is 0.308 e. The second-order valence-corrected chi connectivity index (χ2v) is 9.04. The number of hydrogen-bond acceptors (Lipinski definition) is 6. The number of carbonyl (C=O) groups is 1. The van der Waals surface area contributed by atoms with Crippen molar-refractivity contribution in [3.8, 4) is 0 Å². The molecule has 0 radical (unpaired) electrons. The van der Waals surface area contributed by atoms with Gasteiger partial charge in [-0.25, -0.2) is 0 Å². The fourth-order valence-corrected chi connectivity index (χ4v) is 4.80. The van der Waals surface area contributed by atoms with Crippen LogP contribution in [0.15, 0.2) is 24.3 Å². The summed E-state index contributed by atoms with van der Waals surface area (Å²) in [4.78, 5) is 23.0. The highest BCUT2D eigenvalue weighted by molar-refractivity contribution is 7.87. The van der Waals surface area contributed by atoms with Crippen molar-refractivity contribution in [2.75, 3.05) is 13.1 Å². The van der Waals surface area contributed by atoms with Gasteiger partial charge < -0.3 is 4.74 Å². The Bertz CT molecular complexity index is 811. The van der Waals surface area contributed by atoms with Crippen LogP contribution in [0.2, 0.25) is 0 Å². The quantitative estimate of drug-likeness (QED) is 0.397. The summed E-state index contributed by atoms with van der Waals surface area (Å²) < 4.78 is 34.7. The summed E-state index contributed by atoms with van der Waals surface area (Å²) in [5.41, 5.74) is -0.124. The first kappa shape index (κ1) is 22.3. The standard InChI is InChI=1S/C18H27N3O6S/c1-13(2)27-18(22)11-16(15-8-4-5-9-17(15)21(23)24)19-28(25,26)20-10-6-7-14(3)12-20/h4-5,8-9,13-14,16,19H,6-7,10-12H2,1-3H3. The molecule has 2 rings (SSSR count). The molecular formula is C18H27N3O6S. The van der Waals surface area contributed by atoms with Crippen molar-refractivity contribution in [3.63, 3.8) is 0 Å². The van der Waals surface area contributed by atoms with Crippen LogP contribution in [0.4, 0.5) is 5.69 Å². The average molecular weight is 413 g/mol. The van der Waals surface area contributed by atoms with Gasteiger partial charge in [-0.3, -0.25) is 14.9 Å². The van der Waals surface area contributed by atoms with Crippen LogP contribution in [-0.2, 0) is 19.7 Å². The molecule has 1 N–H and O–H groups in total. The molecule has 0 aliphatic carbocycles. The highest BCUT2D eigenvalue weighted by atomic mass is 32.2. The number of hydrogen-bond donors (Lipinski definition) is 1. The van der Waals surface area contributed by atoms with Gasteiger partial charge in [0.2, 0.25) is 0 Å². The average Bonchev–Trinajstić information content (AvgIpc) is 2.60. The molecule has 10 heteroatoms. The third-order valence-electron chi connectivity index (χ3n) is 4.50. The Morgan fingerprint density at radius 1 is 1.39 bits per heavy atom. The summed E-state index contributed by atoms with van der Waals surface area (Å²) >= 11 is 0. The molecule has 1 aromatic rings. The number of benzene rings is 1. The number of ether oxygens (including phenoxy) is 1. The van der Waals surface area contributed by atoms with E-state index in [-0.39, 0.29) is 29.7 Å². The molecule has 1 heterocycles. The summed E-state index contributed by atoms with van der Waals surface area (Å²) in [6, 6.07) is 4.70. The summed E-state index contributed by atoms with van der Waals surface area (Å²) in [6.07, 6.45) is 0.970. The maximum atomic E-state index is 12.9. The minimum absolute atomic E-state index is 0.127. The van der Waals surface area contributed by atoms with Crippen molar-refractivity contribution in [2.45, 2.75) is 52.2 Å². The molecule has 0 spiro atoms. The zero-order valence-corrected chi connectivity index (χ0v) is 17.1. The maximum absolute atomic E-state index is 12.9. The Kier molecular flexibility index (Phi) is 7.50. The lowest BCUT2D eigenvalue weighted by Gasteiger charge is -2.31. The minimum atomic E-state index is -3.93. The van der Waals surface area contributed by atoms with Crippen molar-refractivity contribution >= 4 is 21.9 Å². The number of rotatable bonds is 8. The van der Waals surface area contributed by atoms with E-state index < -0.39 is 27.1 Å². The van der Waals surface area contributed by atoms with Crippen LogP contribution >= 0.6 is 0 Å². The summed E-state index contributed by atoms with van der Waals surface area (Å²) in [5, 5.41) is 11.4. The molecule has 0 bridgehead atoms. The number of nitrogens with one attached hydrogen (secondary N) is 1. The van der Waals surface area contributed by atoms with Crippen LogP contribution in [-0.4, -0.2) is 42.8 Å². The Hall–Kier alpha value is -2.04. The van der Waals surface area contributed by atoms with Crippen LogP contribution in [0.3, 0.4) is 0 Å². The lowest BCUT2D eigenvalue weighted by atomic mass is 10.0. The SMILES string of the molecule is CC1CCCN(S(=O)(=O)NC(CC(=O)OC(C)C)c2ccccc2[N+](=O)[O-])C1. The van der Waals surface area contributed by atoms with E-state index >= 15 is 0 Å². The van der Waals surface area contributed by atoms with Crippen molar-refractivity contribution in [1.29, 1.82) is 0 Å². The van der Waals surface area contributed by atoms with E-state index in [4.69, 9.17) is 4.74 Å². The van der Waals surface area contributed by atoms with Crippen LogP contribution in [0, 0.1) is 16.0 Å². The van der Waals surface area contributed by atoms with E-state index in [1.54, 1.807) is 19.9 Å². The van der Waals surface area contributed by atoms with E-state index in [1.165, 1.54) is 22.5 Å². The second kappa shape index (κ2) is 9.44. The molecule has 0 saturated carbocycles. The van der Waals surface area contributed by atoms with E-state index in [1.807, 2.05) is 6.92 Å². The van der Waals surface area contributed by atoms with Gasteiger partial charge in [0.25, 0.3) is 15.9 Å². The number of para-hydroxylation sites is 1. The molecular weight excluding hydrogens is 386 g/mol. The van der Waals surface area contributed by atoms with E-state index in [0.29, 0.717) is 13.1 Å². The van der Waals surface area contributed by atoms with Gasteiger partial charge in [-0.2, -0.15) is 17.4 Å². The van der Waals surface area contributed by atoms with Crippen LogP contribution in [0.5, 0.6) is 0 Å². The van der Waals surface area contributed by atoms with E-state index in [0.717, 1.165) is 12.8 Å². The molecule has 2 unspecified atom stereocenters. The number of nitrogens with zero attached hydrogens (tertiary/aromatic N) is 2. The van der Waals surface area contributed by atoms with E-state index in [9.17, 15) is 23.3 Å². The van der Waals surface area contributed by atoms with Gasteiger partial charge in [-0.15, -0.1) is 0 Å². The number of nitro benzene ring substituents is 1. The summed E-state index contributed by atoms with van der Waals surface area (Å²) in [7, 11) is -3.93. The van der Waals surface area contributed by atoms with Crippen LogP contribution < -0.4 is 4.72 Å². The zero-order valence-electron chi connectivity index (χ0n) is 16.3. The normalized spacial score (nSPS) is 19.4. The van der Waals surface area contributed by atoms with Gasteiger partial charge in [0, 0.05) is 24.7 Å². The van der Waals surface area contributed by atoms with Gasteiger partial charge in [-0.1, -0.05) is 25.1 Å². The number of carbonyl (C=O) groups excluding carboxylic acids is 1. The van der Waals surface area contributed by atoms with Gasteiger partial charge >= 0.3 is 5.97 Å². The first-order chi connectivity index (χ1) is 13.1. The summed E-state index contributed by atoms with van der Waals surface area (Å²) in [5.74, 6) is -0.409. The third-order valence-corrected chi connectivity index (χ3v) is 6.09. The molecule has 1 aliphatic heterocycles. The molecule has 9 nitrogen and oxygen atoms in total. The van der Waals surface area contributed by atoms with Crippen LogP contribution in [0.1, 0.15) is 51.6 Å². The first-order valence-corrected chi connectivity index (χ1v) is 10.7. The second-order valence-electron chi connectivity index (χ2n) is 7.34. The zero-order chi connectivity index (χ0) is 20.9. The minimum Gasteiger partial charge on any atom is -0.463 e. The molecule has 0 aromatic heterocycles. The van der Waals surface area contributed by atoms with Crippen molar-refractivity contribution in [3.05, 3.63) is 39.9 Å². The highest BCUT2D eigenvalue weighted by Crippen LogP contribution is 2.29. The Morgan fingerprint density at radius 3 is 2.68 bits per heavy atom. The monoisotopic (exact) mass is 413 g/mol.